The molecule has 11 nitrogen and oxygen atoms in total. The Morgan fingerprint density at radius 1 is 0.494 bits per heavy atom. The number of carbonyl (C=O) groups excluding carboxylic acids is 2. The second kappa shape index (κ2) is 57.8. The normalized spacial score (nSPS) is 19.0. The third-order valence-corrected chi connectivity index (χ3v) is 15.9. The Bertz CT molecular complexity index is 1550. The van der Waals surface area contributed by atoms with Crippen LogP contribution in [0.2, 0.25) is 0 Å². The molecular weight excluding hydrogens is 1010 g/mol. The van der Waals surface area contributed by atoms with Crippen molar-refractivity contribution >= 4 is 11.9 Å². The van der Waals surface area contributed by atoms with E-state index in [0.29, 0.717) is 19.3 Å². The van der Waals surface area contributed by atoms with Crippen LogP contribution in [0.4, 0.5) is 0 Å². The highest BCUT2D eigenvalue weighted by Gasteiger charge is 2.47. The fraction of sp³-hybridized carbons (Fsp3) is 0.829. The Labute approximate surface area is 497 Å². The molecule has 0 spiro atoms. The molecule has 81 heavy (non-hydrogen) atoms. The minimum Gasteiger partial charge on any atom is -0.454 e. The number of carbonyl (C=O) groups is 2. The van der Waals surface area contributed by atoms with Crippen LogP contribution >= 0.6 is 0 Å². The summed E-state index contributed by atoms with van der Waals surface area (Å²) in [4.78, 5) is 26.6. The van der Waals surface area contributed by atoms with E-state index in [1.165, 1.54) is 180 Å². The van der Waals surface area contributed by atoms with Crippen LogP contribution in [-0.4, -0.2) is 99.6 Å². The smallest absolute Gasteiger partial charge is 0.306 e. The molecule has 0 aliphatic carbocycles. The monoisotopic (exact) mass is 1140 g/mol. The molecule has 1 saturated heterocycles. The van der Waals surface area contributed by atoms with Gasteiger partial charge < -0.3 is 45.1 Å². The number of unbranched alkanes of at least 4 members (excludes halogenated alkanes) is 36. The zero-order valence-corrected chi connectivity index (χ0v) is 52.4. The maximum Gasteiger partial charge on any atom is 0.306 e. The van der Waals surface area contributed by atoms with Crippen molar-refractivity contribution in [3.05, 3.63) is 60.8 Å². The van der Waals surface area contributed by atoms with E-state index < -0.39 is 67.4 Å². The Morgan fingerprint density at radius 2 is 0.889 bits per heavy atom. The van der Waals surface area contributed by atoms with Crippen LogP contribution in [0.15, 0.2) is 60.8 Å². The SMILES string of the molecule is CC/C=C/C/C=C/C/C=C/CCCCCCC(=O)OC1C(OCC(NC(=O)C(O)CCCCCCCCCCCCCCCCCC/C=C/CCCCCCCC)C(O)/C=C/CCCCCCCCCCCC)OC(CO)C(O)C1O. The van der Waals surface area contributed by atoms with Crippen molar-refractivity contribution in [3.8, 4) is 0 Å². The van der Waals surface area contributed by atoms with Crippen molar-refractivity contribution in [2.75, 3.05) is 13.2 Å². The van der Waals surface area contributed by atoms with Crippen molar-refractivity contribution < 1.29 is 49.3 Å². The third kappa shape index (κ3) is 45.4. The second-order valence-corrected chi connectivity index (χ2v) is 23.5. The number of ether oxygens (including phenoxy) is 3. The van der Waals surface area contributed by atoms with E-state index in [1.54, 1.807) is 6.08 Å². The number of allylic oxidation sites excluding steroid dienone is 9. The molecule has 11 heteroatoms. The number of aliphatic hydroxyl groups is 5. The summed E-state index contributed by atoms with van der Waals surface area (Å²) in [5.41, 5.74) is 0. The van der Waals surface area contributed by atoms with E-state index in [9.17, 15) is 35.1 Å². The highest BCUT2D eigenvalue weighted by Crippen LogP contribution is 2.26. The Hall–Kier alpha value is -2.64. The summed E-state index contributed by atoms with van der Waals surface area (Å²) < 4.78 is 17.6. The second-order valence-electron chi connectivity index (χ2n) is 23.5. The van der Waals surface area contributed by atoms with Crippen molar-refractivity contribution in [2.45, 2.75) is 359 Å². The first-order valence-electron chi connectivity index (χ1n) is 34.1. The van der Waals surface area contributed by atoms with E-state index in [0.717, 1.165) is 83.5 Å². The van der Waals surface area contributed by atoms with Gasteiger partial charge in [-0.15, -0.1) is 0 Å². The van der Waals surface area contributed by atoms with Crippen molar-refractivity contribution in [1.82, 2.24) is 5.32 Å². The van der Waals surface area contributed by atoms with Crippen LogP contribution in [0.3, 0.4) is 0 Å². The van der Waals surface area contributed by atoms with Crippen LogP contribution in [0.1, 0.15) is 310 Å². The van der Waals surface area contributed by atoms with Crippen molar-refractivity contribution in [2.24, 2.45) is 0 Å². The molecule has 0 bridgehead atoms. The van der Waals surface area contributed by atoms with Gasteiger partial charge in [-0.25, -0.2) is 0 Å². The van der Waals surface area contributed by atoms with E-state index >= 15 is 0 Å². The van der Waals surface area contributed by atoms with Gasteiger partial charge in [-0.3, -0.25) is 9.59 Å². The molecule has 1 fully saturated rings. The molecule has 0 aromatic carbocycles. The maximum absolute atomic E-state index is 13.5. The maximum atomic E-state index is 13.5. The first-order valence-corrected chi connectivity index (χ1v) is 34.1. The van der Waals surface area contributed by atoms with Gasteiger partial charge in [0.25, 0.3) is 0 Å². The molecule has 8 atom stereocenters. The summed E-state index contributed by atoms with van der Waals surface area (Å²) in [6.45, 7) is 5.68. The minimum atomic E-state index is -1.62. The van der Waals surface area contributed by atoms with Gasteiger partial charge in [0, 0.05) is 6.42 Å². The predicted octanol–water partition coefficient (Wildman–Crippen LogP) is 17.0. The largest absolute Gasteiger partial charge is 0.454 e. The molecule has 6 N–H and O–H groups in total. The number of rotatable bonds is 58. The molecule has 8 unspecified atom stereocenters. The lowest BCUT2D eigenvalue weighted by atomic mass is 9.99. The van der Waals surface area contributed by atoms with Crippen LogP contribution in [0, 0.1) is 0 Å². The number of esters is 1. The topological polar surface area (TPSA) is 175 Å². The minimum absolute atomic E-state index is 0.0975. The lowest BCUT2D eigenvalue weighted by Gasteiger charge is -2.41. The average molecular weight is 1140 g/mol. The Morgan fingerprint density at radius 3 is 1.35 bits per heavy atom. The van der Waals surface area contributed by atoms with Gasteiger partial charge in [0.05, 0.1) is 25.4 Å². The Balaban J connectivity index is 2.56. The summed E-state index contributed by atoms with van der Waals surface area (Å²) in [6, 6.07) is -1.03. The van der Waals surface area contributed by atoms with E-state index in [-0.39, 0.29) is 13.0 Å². The highest BCUT2D eigenvalue weighted by atomic mass is 16.7. The molecular formula is C70H127NO10. The summed E-state index contributed by atoms with van der Waals surface area (Å²) >= 11 is 0. The number of nitrogens with one attached hydrogen (secondary N) is 1. The molecule has 1 heterocycles. The van der Waals surface area contributed by atoms with Crippen LogP contribution in [0.5, 0.6) is 0 Å². The number of hydrogen-bond donors (Lipinski definition) is 6. The van der Waals surface area contributed by atoms with Gasteiger partial charge >= 0.3 is 5.97 Å². The predicted molar refractivity (Wildman–Crippen MR) is 338 cm³/mol. The van der Waals surface area contributed by atoms with Gasteiger partial charge in [-0.05, 0) is 83.5 Å². The van der Waals surface area contributed by atoms with Crippen LogP contribution < -0.4 is 5.32 Å². The highest BCUT2D eigenvalue weighted by molar-refractivity contribution is 5.80. The van der Waals surface area contributed by atoms with Crippen LogP contribution in [-0.2, 0) is 23.8 Å². The van der Waals surface area contributed by atoms with Gasteiger partial charge in [-0.1, -0.05) is 281 Å². The van der Waals surface area contributed by atoms with E-state index in [1.807, 2.05) is 6.08 Å². The Kier molecular flexibility index (Phi) is 54.5. The fourth-order valence-corrected chi connectivity index (χ4v) is 10.5. The van der Waals surface area contributed by atoms with Gasteiger partial charge in [0.15, 0.2) is 12.4 Å². The lowest BCUT2D eigenvalue weighted by Crippen LogP contribution is -2.61. The van der Waals surface area contributed by atoms with E-state index in [4.69, 9.17) is 14.2 Å². The van der Waals surface area contributed by atoms with E-state index in [2.05, 4.69) is 74.7 Å². The number of amides is 1. The first kappa shape index (κ1) is 76.4. The number of hydrogen-bond acceptors (Lipinski definition) is 10. The van der Waals surface area contributed by atoms with Gasteiger partial charge in [0.1, 0.15) is 24.4 Å². The standard InChI is InChI=1S/C70H127NO10/c1-4-7-10-13-16-19-22-25-27-28-29-30-31-32-33-34-35-36-37-38-39-42-45-48-51-54-57-63(74)69(78)71-61(62(73)56-53-50-47-44-41-24-21-18-15-12-9-6-3)60-79-70-68(67(77)66(76)64(59-72)80-70)81-65(75)58-55-52-49-46-43-40-26-23-20-17-14-11-8-5-2/h8,11,17,20,25-27,40,53,56,61-64,66-68,70,72-74,76-77H,4-7,9-10,12-16,18-19,21-24,28-39,41-52,54-55,57-60H2,1-3H3,(H,71,78)/b11-8+,20-17+,27-25+,40-26+,56-53+. The van der Waals surface area contributed by atoms with Crippen molar-refractivity contribution in [1.29, 1.82) is 0 Å². The molecule has 1 amide bonds. The third-order valence-electron chi connectivity index (χ3n) is 15.9. The summed E-state index contributed by atoms with van der Waals surface area (Å²) in [5, 5.41) is 57.1. The zero-order chi connectivity index (χ0) is 58.9. The van der Waals surface area contributed by atoms with Crippen LogP contribution in [0.25, 0.3) is 0 Å². The van der Waals surface area contributed by atoms with Gasteiger partial charge in [-0.2, -0.15) is 0 Å². The molecule has 0 saturated carbocycles. The average Bonchev–Trinajstić information content (AvgIpc) is 3.53. The molecule has 1 aliphatic rings. The molecule has 1 rings (SSSR count). The summed E-state index contributed by atoms with van der Waals surface area (Å²) in [6.07, 6.45) is 62.8. The van der Waals surface area contributed by atoms with Gasteiger partial charge in [0.2, 0.25) is 5.91 Å². The summed E-state index contributed by atoms with van der Waals surface area (Å²) in [5.74, 6) is -1.21. The molecule has 0 aromatic rings. The lowest BCUT2D eigenvalue weighted by molar-refractivity contribution is -0.305. The molecule has 0 aromatic heterocycles. The molecule has 0 radical (unpaired) electrons. The molecule has 1 aliphatic heterocycles. The number of aliphatic hydroxyl groups excluding tert-OH is 5. The summed E-state index contributed by atoms with van der Waals surface area (Å²) in [7, 11) is 0. The quantitative estimate of drug-likeness (QED) is 0.0195. The molecule has 472 valence electrons. The fourth-order valence-electron chi connectivity index (χ4n) is 10.5. The first-order chi connectivity index (χ1) is 39.7. The van der Waals surface area contributed by atoms with Crippen molar-refractivity contribution in [3.63, 3.8) is 0 Å². The zero-order valence-electron chi connectivity index (χ0n) is 52.4.